The van der Waals surface area contributed by atoms with Gasteiger partial charge in [0.05, 0.1) is 24.0 Å². The highest BCUT2D eigenvalue weighted by Gasteiger charge is 2.43. The highest BCUT2D eigenvalue weighted by Crippen LogP contribution is 2.48. The van der Waals surface area contributed by atoms with Crippen LogP contribution in [0.4, 0.5) is 0 Å². The van der Waals surface area contributed by atoms with Crippen LogP contribution in [0.3, 0.4) is 0 Å². The lowest BCUT2D eigenvalue weighted by Crippen LogP contribution is -2.47. The zero-order valence-corrected chi connectivity index (χ0v) is 31.9. The second-order valence-corrected chi connectivity index (χ2v) is 14.7. The number of nitrogens with one attached hydrogen (secondary N) is 1. The summed E-state index contributed by atoms with van der Waals surface area (Å²) in [5, 5.41) is 3.01. The Bertz CT molecular complexity index is 1330. The van der Waals surface area contributed by atoms with Crippen molar-refractivity contribution in [1.29, 1.82) is 0 Å². The van der Waals surface area contributed by atoms with Gasteiger partial charge in [-0.05, 0) is 36.5 Å². The molecular formula is C39H55NO14. The van der Waals surface area contributed by atoms with E-state index < -0.39 is 99.5 Å². The minimum Gasteiger partial charge on any atom is -0.465 e. The fraction of sp³-hybridized carbons (Fsp3) is 0.564. The molecule has 2 atom stereocenters. The van der Waals surface area contributed by atoms with E-state index in [0.717, 1.165) is 43.2 Å². The predicted octanol–water partition coefficient (Wildman–Crippen LogP) is 3.67. The fourth-order valence-electron chi connectivity index (χ4n) is 6.32. The van der Waals surface area contributed by atoms with Crippen LogP contribution in [0, 0.1) is 21.7 Å². The molecule has 0 aromatic carbocycles. The van der Waals surface area contributed by atoms with Crippen molar-refractivity contribution in [3.8, 4) is 0 Å². The quantitative estimate of drug-likeness (QED) is 0.0804. The first-order valence-electron chi connectivity index (χ1n) is 17.3. The smallest absolute Gasteiger partial charge is 0.330 e. The molecule has 1 amide bonds. The summed E-state index contributed by atoms with van der Waals surface area (Å²) in [6.07, 6.45) is 7.26. The van der Waals surface area contributed by atoms with Gasteiger partial charge >= 0.3 is 35.8 Å². The molecule has 0 spiro atoms. The topological polar surface area (TPSA) is 196 Å². The first-order valence-corrected chi connectivity index (χ1v) is 17.3. The number of rotatable bonds is 25. The molecule has 15 heteroatoms. The Labute approximate surface area is 317 Å². The minimum atomic E-state index is -1.53. The van der Waals surface area contributed by atoms with Crippen LogP contribution >= 0.6 is 0 Å². The Morgan fingerprint density at radius 3 is 1.28 bits per heavy atom. The SMILES string of the molecule is C=CC(=O)OCC(COCC(COC(=O)C=C)(COC(=O)C=C)COC(=O)CCC1(C)CC(NC(C)=O)CC(C)(C)C1)(COC(=O)C=C)COC(=O)C=C. The molecule has 0 saturated heterocycles. The van der Waals surface area contributed by atoms with Crippen molar-refractivity contribution in [2.75, 3.05) is 52.9 Å². The van der Waals surface area contributed by atoms with Crippen LogP contribution in [-0.4, -0.2) is 101 Å². The summed E-state index contributed by atoms with van der Waals surface area (Å²) >= 11 is 0. The monoisotopic (exact) mass is 761 g/mol. The lowest BCUT2D eigenvalue weighted by Gasteiger charge is -2.47. The van der Waals surface area contributed by atoms with Gasteiger partial charge in [-0.1, -0.05) is 53.7 Å². The van der Waals surface area contributed by atoms with Crippen LogP contribution in [-0.2, 0) is 66.7 Å². The van der Waals surface area contributed by atoms with E-state index in [1.165, 1.54) is 6.92 Å². The van der Waals surface area contributed by atoms with Gasteiger partial charge < -0.3 is 38.5 Å². The summed E-state index contributed by atoms with van der Waals surface area (Å²) in [6, 6.07) is -0.0517. The number of hydrogen-bond acceptors (Lipinski definition) is 14. The van der Waals surface area contributed by atoms with Gasteiger partial charge in [-0.15, -0.1) is 0 Å². The molecule has 0 aliphatic heterocycles. The van der Waals surface area contributed by atoms with E-state index in [2.05, 4.69) is 59.0 Å². The zero-order chi connectivity index (χ0) is 41.0. The second kappa shape index (κ2) is 22.2. The van der Waals surface area contributed by atoms with Gasteiger partial charge in [0.1, 0.15) is 39.6 Å². The number of amides is 1. The number of ether oxygens (including phenoxy) is 7. The molecule has 1 saturated carbocycles. The van der Waals surface area contributed by atoms with Crippen molar-refractivity contribution in [2.45, 2.75) is 65.8 Å². The first-order chi connectivity index (χ1) is 25.3. The molecule has 15 nitrogen and oxygen atoms in total. The summed E-state index contributed by atoms with van der Waals surface area (Å²) in [4.78, 5) is 85.7. The third-order valence-electron chi connectivity index (χ3n) is 8.58. The van der Waals surface area contributed by atoms with Gasteiger partial charge in [0, 0.05) is 49.8 Å². The van der Waals surface area contributed by atoms with Crippen LogP contribution in [0.1, 0.15) is 59.8 Å². The fourth-order valence-corrected chi connectivity index (χ4v) is 6.32. The Kier molecular flexibility index (Phi) is 19.3. The molecule has 0 aromatic heterocycles. The molecule has 1 aliphatic carbocycles. The van der Waals surface area contributed by atoms with E-state index in [1.807, 2.05) is 0 Å². The maximum atomic E-state index is 13.3. The molecule has 54 heavy (non-hydrogen) atoms. The standard InChI is InChI=1S/C39H55NO14/c1-10-30(42)49-22-38(23-50-31(43)11-2,24-51-32(44)12-3)20-48-21-39(25-52-33(45)13-4,26-53-34(46)14-5)27-54-35(47)15-16-37(9)18-29(40-28(6)41)17-36(7,8)19-37/h10-14,29H,1-5,15-27H2,6-9H3,(H,40,41). The van der Waals surface area contributed by atoms with Crippen molar-refractivity contribution < 1.29 is 66.7 Å². The van der Waals surface area contributed by atoms with Crippen molar-refractivity contribution in [1.82, 2.24) is 5.32 Å². The Morgan fingerprint density at radius 2 is 0.944 bits per heavy atom. The number of esters is 6. The van der Waals surface area contributed by atoms with Crippen LogP contribution in [0.25, 0.3) is 0 Å². The summed E-state index contributed by atoms with van der Waals surface area (Å²) in [5.74, 6) is -4.90. The third-order valence-corrected chi connectivity index (χ3v) is 8.58. The third kappa shape index (κ3) is 17.6. The maximum absolute atomic E-state index is 13.3. The molecular weight excluding hydrogens is 706 g/mol. The van der Waals surface area contributed by atoms with E-state index in [9.17, 15) is 33.6 Å². The molecule has 0 radical (unpaired) electrons. The van der Waals surface area contributed by atoms with Crippen LogP contribution < -0.4 is 5.32 Å². The average molecular weight is 762 g/mol. The lowest BCUT2D eigenvalue weighted by atomic mass is 9.61. The van der Waals surface area contributed by atoms with Crippen LogP contribution in [0.15, 0.2) is 63.3 Å². The van der Waals surface area contributed by atoms with Crippen LogP contribution in [0.2, 0.25) is 0 Å². The number of carbonyl (C=O) groups is 7. The van der Waals surface area contributed by atoms with Crippen molar-refractivity contribution in [3.05, 3.63) is 63.3 Å². The summed E-state index contributed by atoms with van der Waals surface area (Å²) in [7, 11) is 0. The van der Waals surface area contributed by atoms with Gasteiger partial charge in [-0.3, -0.25) is 9.59 Å². The van der Waals surface area contributed by atoms with Crippen LogP contribution in [0.5, 0.6) is 0 Å². The Hall–Kier alpha value is -5.05. The molecule has 0 aromatic rings. The summed E-state index contributed by atoms with van der Waals surface area (Å²) in [6.45, 7) is 20.8. The van der Waals surface area contributed by atoms with E-state index in [-0.39, 0.29) is 29.2 Å². The number of carbonyl (C=O) groups excluding carboxylic acids is 7. The van der Waals surface area contributed by atoms with E-state index >= 15 is 0 Å². The normalized spacial score (nSPS) is 17.7. The molecule has 1 rings (SSSR count). The van der Waals surface area contributed by atoms with E-state index in [0.29, 0.717) is 12.8 Å². The average Bonchev–Trinajstić information content (AvgIpc) is 3.12. The predicted molar refractivity (Wildman–Crippen MR) is 195 cm³/mol. The number of hydrogen-bond donors (Lipinski definition) is 1. The van der Waals surface area contributed by atoms with Crippen molar-refractivity contribution in [3.63, 3.8) is 0 Å². The van der Waals surface area contributed by atoms with Gasteiger partial charge in [0.15, 0.2) is 0 Å². The first kappa shape index (κ1) is 47.0. The van der Waals surface area contributed by atoms with Gasteiger partial charge in [-0.25, -0.2) is 24.0 Å². The van der Waals surface area contributed by atoms with E-state index in [4.69, 9.17) is 33.2 Å². The molecule has 2 unspecified atom stereocenters. The van der Waals surface area contributed by atoms with Crippen molar-refractivity contribution in [2.24, 2.45) is 21.7 Å². The maximum Gasteiger partial charge on any atom is 0.330 e. The highest BCUT2D eigenvalue weighted by molar-refractivity contribution is 5.83. The molecule has 1 aliphatic rings. The summed E-state index contributed by atoms with van der Waals surface area (Å²) in [5.41, 5.74) is -3.44. The lowest BCUT2D eigenvalue weighted by molar-refractivity contribution is -0.171. The minimum absolute atomic E-state index is 0.0102. The molecule has 1 fully saturated rings. The van der Waals surface area contributed by atoms with Gasteiger partial charge in [-0.2, -0.15) is 0 Å². The molecule has 0 heterocycles. The largest absolute Gasteiger partial charge is 0.465 e. The molecule has 1 N–H and O–H groups in total. The molecule has 300 valence electrons. The summed E-state index contributed by atoms with van der Waals surface area (Å²) < 4.78 is 38.2. The second-order valence-electron chi connectivity index (χ2n) is 14.7. The van der Waals surface area contributed by atoms with Gasteiger partial charge in [0.2, 0.25) is 5.91 Å². The van der Waals surface area contributed by atoms with Crippen molar-refractivity contribution >= 4 is 41.7 Å². The molecule has 0 bridgehead atoms. The van der Waals surface area contributed by atoms with E-state index in [1.54, 1.807) is 0 Å². The zero-order valence-electron chi connectivity index (χ0n) is 31.9. The Morgan fingerprint density at radius 1 is 0.593 bits per heavy atom. The van der Waals surface area contributed by atoms with Gasteiger partial charge in [0.25, 0.3) is 0 Å². The highest BCUT2D eigenvalue weighted by atomic mass is 16.6. The Balaban J connectivity index is 3.39.